The molecular formula is C20H22N2O2. The van der Waals surface area contributed by atoms with E-state index in [1.54, 1.807) is 31.1 Å². The molecule has 1 aliphatic rings. The smallest absolute Gasteiger partial charge is 0.253 e. The van der Waals surface area contributed by atoms with Crippen LogP contribution in [0.2, 0.25) is 0 Å². The van der Waals surface area contributed by atoms with Crippen LogP contribution < -0.4 is 5.32 Å². The quantitative estimate of drug-likeness (QED) is 0.920. The van der Waals surface area contributed by atoms with Gasteiger partial charge in [0, 0.05) is 26.2 Å². The van der Waals surface area contributed by atoms with E-state index in [0.717, 1.165) is 24.0 Å². The molecule has 0 heterocycles. The van der Waals surface area contributed by atoms with Crippen LogP contribution in [0.5, 0.6) is 0 Å². The summed E-state index contributed by atoms with van der Waals surface area (Å²) in [6.45, 7) is 0.476. The van der Waals surface area contributed by atoms with E-state index < -0.39 is 0 Å². The second kappa shape index (κ2) is 6.48. The number of hydrogen-bond donors (Lipinski definition) is 1. The van der Waals surface area contributed by atoms with Crippen molar-refractivity contribution < 1.29 is 9.59 Å². The third-order valence-corrected chi connectivity index (χ3v) is 4.57. The van der Waals surface area contributed by atoms with Gasteiger partial charge in [-0.15, -0.1) is 0 Å². The number of nitrogens with zero attached hydrogens (tertiary/aromatic N) is 1. The molecule has 1 saturated carbocycles. The Morgan fingerprint density at radius 3 is 2.17 bits per heavy atom. The average molecular weight is 322 g/mol. The van der Waals surface area contributed by atoms with Gasteiger partial charge in [0.2, 0.25) is 5.91 Å². The number of rotatable bonds is 5. The highest BCUT2D eigenvalue weighted by Crippen LogP contribution is 2.48. The van der Waals surface area contributed by atoms with E-state index in [4.69, 9.17) is 0 Å². The van der Waals surface area contributed by atoms with Crippen LogP contribution in [0, 0.1) is 0 Å². The fourth-order valence-corrected chi connectivity index (χ4v) is 2.90. The minimum absolute atomic E-state index is 0.0217. The van der Waals surface area contributed by atoms with Crippen molar-refractivity contribution in [2.75, 3.05) is 14.1 Å². The van der Waals surface area contributed by atoms with Gasteiger partial charge in [0.05, 0.1) is 5.41 Å². The Morgan fingerprint density at radius 2 is 1.62 bits per heavy atom. The number of hydrogen-bond acceptors (Lipinski definition) is 2. The molecule has 2 aromatic rings. The van der Waals surface area contributed by atoms with Crippen LogP contribution in [0.1, 0.15) is 34.3 Å². The number of amides is 2. The maximum absolute atomic E-state index is 12.6. The van der Waals surface area contributed by atoms with Crippen molar-refractivity contribution in [1.82, 2.24) is 10.2 Å². The van der Waals surface area contributed by atoms with Gasteiger partial charge in [0.25, 0.3) is 5.91 Å². The highest BCUT2D eigenvalue weighted by molar-refractivity contribution is 5.94. The highest BCUT2D eigenvalue weighted by atomic mass is 16.2. The van der Waals surface area contributed by atoms with Crippen molar-refractivity contribution in [1.29, 1.82) is 0 Å². The van der Waals surface area contributed by atoms with E-state index in [9.17, 15) is 9.59 Å². The Morgan fingerprint density at radius 1 is 1.00 bits per heavy atom. The van der Waals surface area contributed by atoms with Crippen LogP contribution in [0.4, 0.5) is 0 Å². The summed E-state index contributed by atoms with van der Waals surface area (Å²) in [5.41, 5.74) is 2.39. The third-order valence-electron chi connectivity index (χ3n) is 4.57. The zero-order valence-electron chi connectivity index (χ0n) is 14.1. The molecule has 2 aromatic carbocycles. The molecule has 4 heteroatoms. The minimum Gasteiger partial charge on any atom is -0.351 e. The molecule has 0 saturated heterocycles. The highest BCUT2D eigenvalue weighted by Gasteiger charge is 2.50. The normalized spacial score (nSPS) is 14.8. The molecule has 3 rings (SSSR count). The van der Waals surface area contributed by atoms with Crippen LogP contribution in [0.25, 0.3) is 0 Å². The topological polar surface area (TPSA) is 49.4 Å². The summed E-state index contributed by atoms with van der Waals surface area (Å²) in [6.07, 6.45) is 1.80. The Bertz CT molecular complexity index is 732. The first-order valence-electron chi connectivity index (χ1n) is 8.17. The summed E-state index contributed by atoms with van der Waals surface area (Å²) < 4.78 is 0. The molecule has 1 N–H and O–H groups in total. The van der Waals surface area contributed by atoms with Gasteiger partial charge < -0.3 is 10.2 Å². The lowest BCUT2D eigenvalue weighted by atomic mass is 9.95. The summed E-state index contributed by atoms with van der Waals surface area (Å²) in [5, 5.41) is 3.04. The number of benzene rings is 2. The predicted molar refractivity (Wildman–Crippen MR) is 93.7 cm³/mol. The fraction of sp³-hybridized carbons (Fsp3) is 0.300. The Labute approximate surface area is 142 Å². The molecule has 0 aliphatic heterocycles. The standard InChI is InChI=1S/C20H22N2O2/c1-22(2)18(23)16-10-8-15(9-11-16)14-21-19(24)20(12-13-20)17-6-4-3-5-7-17/h3-11H,12-14H2,1-2H3,(H,21,24). The SMILES string of the molecule is CN(C)C(=O)c1ccc(CNC(=O)C2(c3ccccc3)CC2)cc1. The van der Waals surface area contributed by atoms with E-state index >= 15 is 0 Å². The lowest BCUT2D eigenvalue weighted by Gasteiger charge is -2.16. The molecule has 1 fully saturated rings. The maximum Gasteiger partial charge on any atom is 0.253 e. The largest absolute Gasteiger partial charge is 0.351 e. The molecule has 24 heavy (non-hydrogen) atoms. The number of nitrogens with one attached hydrogen (secondary N) is 1. The lowest BCUT2D eigenvalue weighted by Crippen LogP contribution is -2.34. The second-order valence-corrected chi connectivity index (χ2v) is 6.53. The second-order valence-electron chi connectivity index (χ2n) is 6.53. The van der Waals surface area contributed by atoms with Crippen molar-refractivity contribution in [3.05, 3.63) is 71.3 Å². The van der Waals surface area contributed by atoms with Gasteiger partial charge >= 0.3 is 0 Å². The lowest BCUT2D eigenvalue weighted by molar-refractivity contribution is -0.123. The molecule has 0 unspecified atom stereocenters. The van der Waals surface area contributed by atoms with Crippen LogP contribution in [-0.4, -0.2) is 30.8 Å². The first-order chi connectivity index (χ1) is 11.5. The first-order valence-corrected chi connectivity index (χ1v) is 8.17. The molecule has 0 atom stereocenters. The summed E-state index contributed by atoms with van der Waals surface area (Å²) in [4.78, 5) is 26.0. The molecule has 0 spiro atoms. The average Bonchev–Trinajstić information content (AvgIpc) is 3.42. The maximum atomic E-state index is 12.6. The van der Waals surface area contributed by atoms with Gasteiger partial charge in [-0.1, -0.05) is 42.5 Å². The van der Waals surface area contributed by atoms with Crippen molar-refractivity contribution in [2.24, 2.45) is 0 Å². The fourth-order valence-electron chi connectivity index (χ4n) is 2.90. The Balaban J connectivity index is 1.62. The number of carbonyl (C=O) groups is 2. The molecular weight excluding hydrogens is 300 g/mol. The molecule has 4 nitrogen and oxygen atoms in total. The van der Waals surface area contributed by atoms with Gasteiger partial charge in [-0.25, -0.2) is 0 Å². The summed E-state index contributed by atoms with van der Waals surface area (Å²) >= 11 is 0. The molecule has 0 bridgehead atoms. The molecule has 1 aliphatic carbocycles. The van der Waals surface area contributed by atoms with Crippen molar-refractivity contribution in [2.45, 2.75) is 24.8 Å². The van der Waals surface area contributed by atoms with Crippen LogP contribution in [0.3, 0.4) is 0 Å². The van der Waals surface area contributed by atoms with E-state index in [2.05, 4.69) is 5.32 Å². The van der Waals surface area contributed by atoms with Crippen molar-refractivity contribution >= 4 is 11.8 Å². The molecule has 0 radical (unpaired) electrons. The van der Waals surface area contributed by atoms with E-state index in [0.29, 0.717) is 12.1 Å². The molecule has 124 valence electrons. The number of carbonyl (C=O) groups excluding carboxylic acids is 2. The third kappa shape index (κ3) is 3.18. The van der Waals surface area contributed by atoms with Crippen molar-refractivity contribution in [3.8, 4) is 0 Å². The molecule has 2 amide bonds. The first kappa shape index (κ1) is 16.2. The predicted octanol–water partition coefficient (Wildman–Crippen LogP) is 2.74. The van der Waals surface area contributed by atoms with E-state index in [-0.39, 0.29) is 17.2 Å². The summed E-state index contributed by atoms with van der Waals surface area (Å²) in [6, 6.07) is 17.3. The van der Waals surface area contributed by atoms with Gasteiger partial charge in [-0.2, -0.15) is 0 Å². The monoisotopic (exact) mass is 322 g/mol. The van der Waals surface area contributed by atoms with Crippen LogP contribution in [-0.2, 0) is 16.8 Å². The Hall–Kier alpha value is -2.62. The van der Waals surface area contributed by atoms with Gasteiger partial charge in [-0.3, -0.25) is 9.59 Å². The van der Waals surface area contributed by atoms with Crippen molar-refractivity contribution in [3.63, 3.8) is 0 Å². The minimum atomic E-state index is -0.345. The van der Waals surface area contributed by atoms with Gasteiger partial charge in [0.15, 0.2) is 0 Å². The van der Waals surface area contributed by atoms with Crippen LogP contribution >= 0.6 is 0 Å². The summed E-state index contributed by atoms with van der Waals surface area (Å²) in [7, 11) is 3.46. The van der Waals surface area contributed by atoms with E-state index in [1.807, 2.05) is 42.5 Å². The van der Waals surface area contributed by atoms with E-state index in [1.165, 1.54) is 0 Å². The zero-order chi connectivity index (χ0) is 17.2. The van der Waals surface area contributed by atoms with Crippen LogP contribution in [0.15, 0.2) is 54.6 Å². The zero-order valence-corrected chi connectivity index (χ0v) is 14.1. The molecule has 0 aromatic heterocycles. The van der Waals surface area contributed by atoms with Gasteiger partial charge in [0.1, 0.15) is 0 Å². The Kier molecular flexibility index (Phi) is 4.38. The van der Waals surface area contributed by atoms with Gasteiger partial charge in [-0.05, 0) is 36.1 Å². The summed E-state index contributed by atoms with van der Waals surface area (Å²) in [5.74, 6) is 0.0636.